The Bertz CT molecular complexity index is 1340. The molecule has 2 heterocycles. The molecule has 2 aromatic heterocycles. The summed E-state index contributed by atoms with van der Waals surface area (Å²) in [5.41, 5.74) is 1.20. The molecule has 0 N–H and O–H groups in total. The highest BCUT2D eigenvalue weighted by Crippen LogP contribution is 2.31. The molecule has 0 fully saturated rings. The molecule has 36 heavy (non-hydrogen) atoms. The summed E-state index contributed by atoms with van der Waals surface area (Å²) < 4.78 is 34.6. The van der Waals surface area contributed by atoms with Crippen molar-refractivity contribution in [2.24, 2.45) is 0 Å². The van der Waals surface area contributed by atoms with Crippen LogP contribution in [-0.4, -0.2) is 36.7 Å². The van der Waals surface area contributed by atoms with Gasteiger partial charge < -0.3 is 4.42 Å². The van der Waals surface area contributed by atoms with Crippen molar-refractivity contribution < 1.29 is 17.6 Å². The molecule has 4 aromatic rings. The Hall–Kier alpha value is -3.01. The number of anilines is 1. The van der Waals surface area contributed by atoms with Crippen molar-refractivity contribution in [2.45, 2.75) is 51.0 Å². The van der Waals surface area contributed by atoms with Crippen LogP contribution in [-0.2, 0) is 16.6 Å². The van der Waals surface area contributed by atoms with Crippen molar-refractivity contribution in [1.82, 2.24) is 9.29 Å². The highest BCUT2D eigenvalue weighted by molar-refractivity contribution is 7.89. The number of hydrogen-bond acceptors (Lipinski definition) is 6. The predicted octanol–water partition coefficient (Wildman–Crippen LogP) is 6.33. The van der Waals surface area contributed by atoms with Crippen molar-refractivity contribution in [3.8, 4) is 0 Å². The van der Waals surface area contributed by atoms with E-state index in [2.05, 4.69) is 4.98 Å². The first kappa shape index (κ1) is 26.1. The molecule has 0 unspecified atom stereocenters. The summed E-state index contributed by atoms with van der Waals surface area (Å²) in [6.07, 6.45) is 5.03. The highest BCUT2D eigenvalue weighted by Gasteiger charge is 2.26. The van der Waals surface area contributed by atoms with Gasteiger partial charge in [-0.15, -0.1) is 0 Å². The van der Waals surface area contributed by atoms with Crippen molar-refractivity contribution >= 4 is 42.6 Å². The minimum atomic E-state index is -3.64. The molecule has 0 aliphatic carbocycles. The number of nitrogens with zero attached hydrogens (tertiary/aromatic N) is 3. The van der Waals surface area contributed by atoms with Crippen LogP contribution in [0.3, 0.4) is 0 Å². The Balaban J connectivity index is 1.62. The second-order valence-corrected chi connectivity index (χ2v) is 11.5. The molecule has 7 nitrogen and oxygen atoms in total. The molecule has 0 saturated carbocycles. The molecule has 0 aliphatic rings. The first-order valence-electron chi connectivity index (χ1n) is 12.2. The number of amides is 1. The summed E-state index contributed by atoms with van der Waals surface area (Å²) >= 11 is 1.43. The molecule has 4 rings (SSSR count). The number of benzene rings is 2. The second-order valence-electron chi connectivity index (χ2n) is 8.57. The van der Waals surface area contributed by atoms with E-state index in [9.17, 15) is 13.2 Å². The number of hydrogen-bond donors (Lipinski definition) is 0. The summed E-state index contributed by atoms with van der Waals surface area (Å²) in [6.45, 7) is 5.30. The number of sulfonamides is 1. The minimum absolute atomic E-state index is 0.198. The van der Waals surface area contributed by atoms with Crippen LogP contribution in [0.2, 0.25) is 0 Å². The summed E-state index contributed by atoms with van der Waals surface area (Å²) in [5.74, 6) is 0.354. The van der Waals surface area contributed by atoms with Gasteiger partial charge in [-0.1, -0.05) is 50.2 Å². The van der Waals surface area contributed by atoms with Crippen LogP contribution in [0, 0.1) is 0 Å². The van der Waals surface area contributed by atoms with Crippen LogP contribution < -0.4 is 4.90 Å². The number of fused-ring (bicyclic) bond motifs is 1. The molecular weight excluding hydrogens is 494 g/mol. The van der Waals surface area contributed by atoms with E-state index >= 15 is 0 Å². The van der Waals surface area contributed by atoms with Gasteiger partial charge >= 0.3 is 0 Å². The highest BCUT2D eigenvalue weighted by atomic mass is 32.2. The molecule has 0 bridgehead atoms. The molecule has 0 spiro atoms. The van der Waals surface area contributed by atoms with E-state index in [-0.39, 0.29) is 17.3 Å². The van der Waals surface area contributed by atoms with Gasteiger partial charge in [-0.2, -0.15) is 4.31 Å². The van der Waals surface area contributed by atoms with E-state index in [1.807, 2.05) is 44.2 Å². The summed E-state index contributed by atoms with van der Waals surface area (Å²) in [4.78, 5) is 20.0. The summed E-state index contributed by atoms with van der Waals surface area (Å²) in [7, 11) is -3.64. The number of carbonyl (C=O) groups excluding carboxylic acids is 1. The first-order chi connectivity index (χ1) is 17.4. The number of aromatic nitrogens is 1. The van der Waals surface area contributed by atoms with Crippen LogP contribution in [0.1, 0.15) is 55.6 Å². The van der Waals surface area contributed by atoms with E-state index < -0.39 is 10.0 Å². The third kappa shape index (κ3) is 5.86. The zero-order valence-corrected chi connectivity index (χ0v) is 22.2. The molecule has 1 amide bonds. The van der Waals surface area contributed by atoms with Gasteiger partial charge in [0.2, 0.25) is 10.0 Å². The lowest BCUT2D eigenvalue weighted by Gasteiger charge is -2.22. The van der Waals surface area contributed by atoms with Crippen molar-refractivity contribution in [2.75, 3.05) is 18.0 Å². The van der Waals surface area contributed by atoms with Gasteiger partial charge in [-0.3, -0.25) is 9.69 Å². The SMILES string of the molecule is CCCCN(CCCC)S(=O)(=O)c1ccc(C(=O)N(Cc2ccco2)c2nc3ccccc3s2)cc1. The van der Waals surface area contributed by atoms with Crippen LogP contribution in [0.4, 0.5) is 5.13 Å². The smallest absolute Gasteiger partial charge is 0.260 e. The van der Waals surface area contributed by atoms with Gasteiger partial charge in [0.25, 0.3) is 5.91 Å². The lowest BCUT2D eigenvalue weighted by Crippen LogP contribution is -2.33. The lowest BCUT2D eigenvalue weighted by atomic mass is 10.2. The number of carbonyl (C=O) groups is 1. The maximum atomic E-state index is 13.6. The van der Waals surface area contributed by atoms with E-state index in [4.69, 9.17) is 4.42 Å². The summed E-state index contributed by atoms with van der Waals surface area (Å²) in [5, 5.41) is 0.555. The van der Waals surface area contributed by atoms with Crippen molar-refractivity contribution in [3.05, 3.63) is 78.3 Å². The Morgan fingerprint density at radius 1 is 0.944 bits per heavy atom. The number of rotatable bonds is 12. The normalized spacial score (nSPS) is 11.9. The van der Waals surface area contributed by atoms with E-state index in [1.165, 1.54) is 23.5 Å². The maximum Gasteiger partial charge on any atom is 0.260 e. The first-order valence-corrected chi connectivity index (χ1v) is 14.5. The Labute approximate surface area is 216 Å². The molecule has 9 heteroatoms. The Morgan fingerprint density at radius 3 is 2.25 bits per heavy atom. The van der Waals surface area contributed by atoms with E-state index in [1.54, 1.807) is 33.7 Å². The fourth-order valence-corrected chi connectivity index (χ4v) is 6.34. The zero-order valence-electron chi connectivity index (χ0n) is 20.6. The van der Waals surface area contributed by atoms with Gasteiger partial charge in [-0.05, 0) is 61.4 Å². The van der Waals surface area contributed by atoms with Crippen molar-refractivity contribution in [1.29, 1.82) is 0 Å². The van der Waals surface area contributed by atoms with E-state index in [0.717, 1.165) is 35.9 Å². The fourth-order valence-electron chi connectivity index (χ4n) is 3.86. The molecule has 190 valence electrons. The molecule has 0 atom stereocenters. The van der Waals surface area contributed by atoms with Gasteiger partial charge in [0.1, 0.15) is 5.76 Å². The Morgan fingerprint density at radius 2 is 1.64 bits per heavy atom. The molecule has 2 aromatic carbocycles. The molecule has 0 saturated heterocycles. The average Bonchev–Trinajstić information content (AvgIpc) is 3.56. The average molecular weight is 526 g/mol. The minimum Gasteiger partial charge on any atom is -0.467 e. The largest absolute Gasteiger partial charge is 0.467 e. The third-order valence-electron chi connectivity index (χ3n) is 5.91. The van der Waals surface area contributed by atoms with Crippen LogP contribution in [0.25, 0.3) is 10.2 Å². The number of thiazole rings is 1. The molecular formula is C27H31N3O4S2. The fraction of sp³-hybridized carbons (Fsp3) is 0.333. The van der Waals surface area contributed by atoms with Gasteiger partial charge in [0, 0.05) is 18.7 Å². The third-order valence-corrected chi connectivity index (χ3v) is 8.89. The Kier molecular flexibility index (Phi) is 8.56. The van der Waals surface area contributed by atoms with Gasteiger partial charge in [-0.25, -0.2) is 13.4 Å². The number of para-hydroxylation sites is 1. The standard InChI is InChI=1S/C27H31N3O4S2/c1-3-5-17-29(18-6-4-2)36(32,33)23-15-13-21(14-16-23)26(31)30(20-22-10-9-19-34-22)27-28-24-11-7-8-12-25(24)35-27/h7-16,19H,3-6,17-18,20H2,1-2H3. The van der Waals surface area contributed by atoms with Crippen LogP contribution >= 0.6 is 11.3 Å². The van der Waals surface area contributed by atoms with Gasteiger partial charge in [0.05, 0.1) is 27.9 Å². The van der Waals surface area contributed by atoms with Crippen LogP contribution in [0.5, 0.6) is 0 Å². The quantitative estimate of drug-likeness (QED) is 0.216. The number of unbranched alkanes of at least 4 members (excludes halogenated alkanes) is 2. The topological polar surface area (TPSA) is 83.7 Å². The maximum absolute atomic E-state index is 13.6. The van der Waals surface area contributed by atoms with Crippen LogP contribution in [0.15, 0.2) is 76.2 Å². The summed E-state index contributed by atoms with van der Waals surface area (Å²) in [6, 6.07) is 17.5. The molecule has 0 aliphatic heterocycles. The lowest BCUT2D eigenvalue weighted by molar-refractivity contribution is 0.0983. The second kappa shape index (κ2) is 11.8. The van der Waals surface area contributed by atoms with E-state index in [0.29, 0.717) is 29.5 Å². The monoisotopic (exact) mass is 525 g/mol. The predicted molar refractivity (Wildman–Crippen MR) is 144 cm³/mol. The number of furan rings is 1. The zero-order chi connectivity index (χ0) is 25.5. The van der Waals surface area contributed by atoms with Crippen molar-refractivity contribution in [3.63, 3.8) is 0 Å². The van der Waals surface area contributed by atoms with Gasteiger partial charge in [0.15, 0.2) is 5.13 Å². The molecule has 0 radical (unpaired) electrons.